The number of anilines is 1. The maximum atomic E-state index is 12.2. The van der Waals surface area contributed by atoms with Crippen LogP contribution in [0.15, 0.2) is 59.4 Å². The molecule has 1 aromatic heterocycles. The topological polar surface area (TPSA) is 84.1 Å². The van der Waals surface area contributed by atoms with Crippen LogP contribution in [0.25, 0.3) is 11.3 Å². The van der Waals surface area contributed by atoms with Gasteiger partial charge in [0.1, 0.15) is 5.75 Å². The first-order valence-corrected chi connectivity index (χ1v) is 8.68. The van der Waals surface area contributed by atoms with Crippen LogP contribution in [0.4, 0.5) is 5.69 Å². The predicted molar refractivity (Wildman–Crippen MR) is 105 cm³/mol. The van der Waals surface area contributed by atoms with Gasteiger partial charge in [0.05, 0.1) is 18.7 Å². The third kappa shape index (κ3) is 4.82. The Morgan fingerprint density at radius 1 is 1.11 bits per heavy atom. The molecule has 6 heteroatoms. The lowest BCUT2D eigenvalue weighted by molar-refractivity contribution is -0.116. The summed E-state index contributed by atoms with van der Waals surface area (Å²) in [6.45, 7) is 4.33. The predicted octanol–water partition coefficient (Wildman–Crippen LogP) is 3.46. The van der Waals surface area contributed by atoms with Gasteiger partial charge in [-0.25, -0.2) is 5.10 Å². The van der Waals surface area contributed by atoms with Crippen molar-refractivity contribution >= 4 is 11.6 Å². The average molecular weight is 363 g/mol. The molecule has 2 N–H and O–H groups in total. The number of ether oxygens (including phenoxy) is 1. The highest BCUT2D eigenvalue weighted by atomic mass is 16.5. The first kappa shape index (κ1) is 18.4. The highest BCUT2D eigenvalue weighted by Gasteiger charge is 2.07. The smallest absolute Gasteiger partial charge is 0.264 e. The molecule has 0 aliphatic rings. The molecule has 138 valence electrons. The number of carbonyl (C=O) groups is 1. The number of amides is 1. The molecule has 2 aromatic carbocycles. The standard InChI is InChI=1S/C21H21N3O3/c1-14-5-3-8-19(15(14)2)27-12-11-20(25)22-17-7-4-6-16(13-17)18-9-10-21(26)24-23-18/h3-10,13H,11-12H2,1-2H3,(H,22,25)(H,24,26). The maximum Gasteiger partial charge on any atom is 0.264 e. The number of carbonyl (C=O) groups excluding carboxylic acids is 1. The van der Waals surface area contributed by atoms with E-state index in [9.17, 15) is 9.59 Å². The van der Waals surface area contributed by atoms with Crippen molar-refractivity contribution in [1.82, 2.24) is 10.2 Å². The number of aromatic amines is 1. The monoisotopic (exact) mass is 363 g/mol. The fourth-order valence-electron chi connectivity index (χ4n) is 2.62. The molecule has 0 aliphatic carbocycles. The highest BCUT2D eigenvalue weighted by Crippen LogP contribution is 2.21. The number of hydrogen-bond acceptors (Lipinski definition) is 4. The molecule has 3 aromatic rings. The molecule has 0 atom stereocenters. The van der Waals surface area contributed by atoms with E-state index in [0.29, 0.717) is 18.0 Å². The average Bonchev–Trinajstić information content (AvgIpc) is 2.66. The summed E-state index contributed by atoms with van der Waals surface area (Å²) in [5.41, 5.74) is 4.08. The molecule has 0 bridgehead atoms. The van der Waals surface area contributed by atoms with Crippen LogP contribution >= 0.6 is 0 Å². The van der Waals surface area contributed by atoms with Crippen molar-refractivity contribution in [3.8, 4) is 17.0 Å². The second-order valence-corrected chi connectivity index (χ2v) is 6.23. The van der Waals surface area contributed by atoms with Gasteiger partial charge < -0.3 is 10.1 Å². The van der Waals surface area contributed by atoms with E-state index < -0.39 is 0 Å². The van der Waals surface area contributed by atoms with E-state index in [0.717, 1.165) is 22.4 Å². The number of H-pyrrole nitrogens is 1. The van der Waals surface area contributed by atoms with Crippen LogP contribution < -0.4 is 15.6 Å². The number of nitrogens with one attached hydrogen (secondary N) is 2. The molecule has 0 aliphatic heterocycles. The Morgan fingerprint density at radius 3 is 2.70 bits per heavy atom. The van der Waals surface area contributed by atoms with Crippen LogP contribution in [0.2, 0.25) is 0 Å². The van der Waals surface area contributed by atoms with Gasteiger partial charge >= 0.3 is 0 Å². The van der Waals surface area contributed by atoms with Gasteiger partial charge in [0.25, 0.3) is 5.56 Å². The summed E-state index contributed by atoms with van der Waals surface area (Å²) in [6, 6.07) is 16.2. The second kappa shape index (κ2) is 8.31. The van der Waals surface area contributed by atoms with Crippen LogP contribution in [0.3, 0.4) is 0 Å². The number of aryl methyl sites for hydroxylation is 1. The molecule has 6 nitrogen and oxygen atoms in total. The minimum absolute atomic E-state index is 0.133. The minimum Gasteiger partial charge on any atom is -0.493 e. The van der Waals surface area contributed by atoms with Crippen LogP contribution in [0.1, 0.15) is 17.5 Å². The zero-order valence-corrected chi connectivity index (χ0v) is 15.3. The Hall–Kier alpha value is -3.41. The summed E-state index contributed by atoms with van der Waals surface area (Å²) in [7, 11) is 0. The number of hydrogen-bond donors (Lipinski definition) is 2. The van der Waals surface area contributed by atoms with Crippen molar-refractivity contribution < 1.29 is 9.53 Å². The summed E-state index contributed by atoms with van der Waals surface area (Å²) < 4.78 is 5.73. The van der Waals surface area contributed by atoms with Gasteiger partial charge in [-0.05, 0) is 49.2 Å². The van der Waals surface area contributed by atoms with Crippen LogP contribution in [-0.2, 0) is 4.79 Å². The maximum absolute atomic E-state index is 12.2. The molecule has 0 fully saturated rings. The fraction of sp³-hybridized carbons (Fsp3) is 0.190. The third-order valence-electron chi connectivity index (χ3n) is 4.26. The fourth-order valence-corrected chi connectivity index (χ4v) is 2.62. The van der Waals surface area contributed by atoms with Crippen molar-refractivity contribution in [2.75, 3.05) is 11.9 Å². The summed E-state index contributed by atoms with van der Waals surface area (Å²) in [6.07, 6.45) is 0.245. The number of nitrogens with zero attached hydrogens (tertiary/aromatic N) is 1. The lowest BCUT2D eigenvalue weighted by Crippen LogP contribution is -2.15. The van der Waals surface area contributed by atoms with E-state index in [2.05, 4.69) is 15.5 Å². The summed E-state index contributed by atoms with van der Waals surface area (Å²) in [5, 5.41) is 9.26. The molecule has 3 rings (SSSR count). The SMILES string of the molecule is Cc1cccc(OCCC(=O)Nc2cccc(-c3ccc(=O)[nH]n3)c2)c1C. The molecular weight excluding hydrogens is 342 g/mol. The van der Waals surface area contributed by atoms with Gasteiger partial charge in [0.2, 0.25) is 5.91 Å². The Morgan fingerprint density at radius 2 is 1.93 bits per heavy atom. The van der Waals surface area contributed by atoms with Crippen molar-refractivity contribution in [2.24, 2.45) is 0 Å². The van der Waals surface area contributed by atoms with E-state index in [1.165, 1.54) is 6.07 Å². The molecule has 0 saturated heterocycles. The van der Waals surface area contributed by atoms with Gasteiger partial charge in [-0.15, -0.1) is 0 Å². The lowest BCUT2D eigenvalue weighted by Gasteiger charge is -2.11. The highest BCUT2D eigenvalue weighted by molar-refractivity contribution is 5.91. The quantitative estimate of drug-likeness (QED) is 0.702. The minimum atomic E-state index is -0.257. The van der Waals surface area contributed by atoms with E-state index >= 15 is 0 Å². The first-order valence-electron chi connectivity index (χ1n) is 8.68. The molecular formula is C21H21N3O3. The zero-order chi connectivity index (χ0) is 19.2. The van der Waals surface area contributed by atoms with Crippen LogP contribution in [0, 0.1) is 13.8 Å². The Labute approximate surface area is 157 Å². The Kier molecular flexibility index (Phi) is 5.66. The molecule has 0 unspecified atom stereocenters. The van der Waals surface area contributed by atoms with E-state index in [-0.39, 0.29) is 17.9 Å². The van der Waals surface area contributed by atoms with Crippen molar-refractivity contribution in [1.29, 1.82) is 0 Å². The number of rotatable bonds is 6. The van der Waals surface area contributed by atoms with E-state index in [1.807, 2.05) is 50.2 Å². The molecule has 0 spiro atoms. The van der Waals surface area contributed by atoms with Gasteiger partial charge in [0, 0.05) is 17.3 Å². The van der Waals surface area contributed by atoms with Crippen LogP contribution in [0.5, 0.6) is 5.75 Å². The van der Waals surface area contributed by atoms with Crippen molar-refractivity contribution in [3.05, 3.63) is 76.1 Å². The van der Waals surface area contributed by atoms with Crippen molar-refractivity contribution in [2.45, 2.75) is 20.3 Å². The Balaban J connectivity index is 1.58. The van der Waals surface area contributed by atoms with E-state index in [4.69, 9.17) is 4.74 Å². The largest absolute Gasteiger partial charge is 0.493 e. The molecule has 0 radical (unpaired) electrons. The van der Waals surface area contributed by atoms with Crippen LogP contribution in [-0.4, -0.2) is 22.7 Å². The van der Waals surface area contributed by atoms with Crippen molar-refractivity contribution in [3.63, 3.8) is 0 Å². The normalized spacial score (nSPS) is 10.4. The molecule has 27 heavy (non-hydrogen) atoms. The summed E-state index contributed by atoms with van der Waals surface area (Å²) in [5.74, 6) is 0.667. The number of aromatic nitrogens is 2. The Bertz CT molecular complexity index is 991. The molecule has 1 heterocycles. The summed E-state index contributed by atoms with van der Waals surface area (Å²) in [4.78, 5) is 23.3. The van der Waals surface area contributed by atoms with Gasteiger partial charge in [-0.1, -0.05) is 24.3 Å². The molecule has 1 amide bonds. The number of benzene rings is 2. The van der Waals surface area contributed by atoms with E-state index in [1.54, 1.807) is 12.1 Å². The van der Waals surface area contributed by atoms with Gasteiger partial charge in [-0.2, -0.15) is 5.10 Å². The second-order valence-electron chi connectivity index (χ2n) is 6.23. The first-order chi connectivity index (χ1) is 13.0. The van der Waals surface area contributed by atoms with Gasteiger partial charge in [-0.3, -0.25) is 9.59 Å². The zero-order valence-electron chi connectivity index (χ0n) is 15.3. The van der Waals surface area contributed by atoms with Gasteiger partial charge in [0.15, 0.2) is 0 Å². The third-order valence-corrected chi connectivity index (χ3v) is 4.26. The lowest BCUT2D eigenvalue weighted by atomic mass is 10.1. The summed E-state index contributed by atoms with van der Waals surface area (Å²) >= 11 is 0. The molecule has 0 saturated carbocycles.